The van der Waals surface area contributed by atoms with E-state index in [9.17, 15) is 9.59 Å². The number of nitrogens with zero attached hydrogens (tertiary/aromatic N) is 4. The Bertz CT molecular complexity index is 989. The van der Waals surface area contributed by atoms with Crippen LogP contribution in [0.3, 0.4) is 0 Å². The Morgan fingerprint density at radius 1 is 0.886 bits per heavy atom. The van der Waals surface area contributed by atoms with Crippen molar-refractivity contribution in [2.45, 2.75) is 44.9 Å². The summed E-state index contributed by atoms with van der Waals surface area (Å²) in [6, 6.07) is 10.8. The van der Waals surface area contributed by atoms with Gasteiger partial charge in [-0.15, -0.1) is 0 Å². The Morgan fingerprint density at radius 2 is 1.57 bits per heavy atom. The van der Waals surface area contributed by atoms with Crippen molar-refractivity contribution in [3.63, 3.8) is 0 Å². The predicted octanol–water partition coefficient (Wildman–Crippen LogP) is 3.62. The quantitative estimate of drug-likeness (QED) is 0.479. The van der Waals surface area contributed by atoms with Crippen molar-refractivity contribution < 1.29 is 9.59 Å². The number of hydrogen-bond acceptors (Lipinski definition) is 6. The maximum atomic E-state index is 13.6. The molecule has 2 aliphatic heterocycles. The van der Waals surface area contributed by atoms with Crippen molar-refractivity contribution in [2.24, 2.45) is 5.73 Å². The maximum absolute atomic E-state index is 13.6. The normalized spacial score (nSPS) is 16.4. The van der Waals surface area contributed by atoms with Gasteiger partial charge in [0, 0.05) is 32.4 Å². The van der Waals surface area contributed by atoms with E-state index in [0.717, 1.165) is 45.7 Å². The molecule has 0 atom stereocenters. The number of unbranched alkanes of at least 4 members (excludes halogenated alkanes) is 6. The number of rotatable bonds is 11. The third kappa shape index (κ3) is 6.66. The van der Waals surface area contributed by atoms with Crippen LogP contribution in [0, 0.1) is 0 Å². The lowest BCUT2D eigenvalue weighted by Gasteiger charge is -2.35. The van der Waals surface area contributed by atoms with Crippen molar-refractivity contribution in [1.82, 2.24) is 14.8 Å². The minimum absolute atomic E-state index is 0.0722. The van der Waals surface area contributed by atoms with E-state index in [1.807, 2.05) is 18.2 Å². The molecule has 4 rings (SSSR count). The number of piperazine rings is 1. The monoisotopic (exact) mass is 478 g/mol. The first kappa shape index (κ1) is 25.3. The summed E-state index contributed by atoms with van der Waals surface area (Å²) in [5.41, 5.74) is 7.15. The first-order chi connectivity index (χ1) is 17.2. The molecule has 35 heavy (non-hydrogen) atoms. The zero-order valence-electron chi connectivity index (χ0n) is 20.6. The molecule has 188 valence electrons. The SMILES string of the molecule is NCCCCCCCCCN1CCN(CC(=O)N2c3ccccc3C(=O)Nc3cccnc32)CC1. The van der Waals surface area contributed by atoms with Crippen LogP contribution >= 0.6 is 0 Å². The molecule has 0 saturated carbocycles. The van der Waals surface area contributed by atoms with E-state index in [0.29, 0.717) is 29.3 Å². The number of amides is 2. The van der Waals surface area contributed by atoms with E-state index in [4.69, 9.17) is 5.73 Å². The van der Waals surface area contributed by atoms with E-state index in [1.165, 1.54) is 38.5 Å². The van der Waals surface area contributed by atoms with Crippen molar-refractivity contribution >= 4 is 29.0 Å². The first-order valence-electron chi connectivity index (χ1n) is 13.0. The second-order valence-corrected chi connectivity index (χ2v) is 9.46. The fourth-order valence-corrected chi connectivity index (χ4v) is 4.89. The average Bonchev–Trinajstić information content (AvgIpc) is 3.00. The number of hydrogen-bond donors (Lipinski definition) is 2. The highest BCUT2D eigenvalue weighted by molar-refractivity contribution is 6.17. The van der Waals surface area contributed by atoms with Crippen LogP contribution in [-0.2, 0) is 4.79 Å². The molecule has 2 amide bonds. The number of aromatic nitrogens is 1. The van der Waals surface area contributed by atoms with Crippen LogP contribution in [0.2, 0.25) is 0 Å². The first-order valence-corrected chi connectivity index (χ1v) is 13.0. The van der Waals surface area contributed by atoms with Crippen LogP contribution in [0.4, 0.5) is 17.2 Å². The van der Waals surface area contributed by atoms with Gasteiger partial charge in [-0.25, -0.2) is 4.98 Å². The van der Waals surface area contributed by atoms with Crippen LogP contribution in [0.5, 0.6) is 0 Å². The second kappa shape index (κ2) is 12.8. The predicted molar refractivity (Wildman–Crippen MR) is 140 cm³/mol. The summed E-state index contributed by atoms with van der Waals surface area (Å²) >= 11 is 0. The number of fused-ring (bicyclic) bond motifs is 2. The van der Waals surface area contributed by atoms with E-state index < -0.39 is 0 Å². The number of nitrogens with one attached hydrogen (secondary N) is 1. The molecule has 3 N–H and O–H groups in total. The summed E-state index contributed by atoms with van der Waals surface area (Å²) in [7, 11) is 0. The standard InChI is InChI=1S/C27H38N6O2/c28-14-8-4-2-1-3-5-9-16-31-17-19-32(20-18-31)21-25(34)33-24-13-7-6-11-22(24)27(35)30-23-12-10-15-29-26(23)33/h6-7,10-13,15H,1-5,8-9,14,16-21,28H2,(H,30,35). The minimum atomic E-state index is -0.227. The number of benzene rings is 1. The summed E-state index contributed by atoms with van der Waals surface area (Å²) in [5.74, 6) is 0.170. The number of anilines is 3. The van der Waals surface area contributed by atoms with Crippen LogP contribution in [0.25, 0.3) is 0 Å². The molecule has 1 fully saturated rings. The molecule has 8 nitrogen and oxygen atoms in total. The third-order valence-corrected chi connectivity index (χ3v) is 6.89. The summed E-state index contributed by atoms with van der Waals surface area (Å²) in [6.45, 7) is 5.94. The van der Waals surface area contributed by atoms with Crippen molar-refractivity contribution in [1.29, 1.82) is 0 Å². The molecule has 8 heteroatoms. The fraction of sp³-hybridized carbons (Fsp3) is 0.519. The largest absolute Gasteiger partial charge is 0.330 e. The van der Waals surface area contributed by atoms with Crippen molar-refractivity contribution in [2.75, 3.05) is 56.0 Å². The van der Waals surface area contributed by atoms with Gasteiger partial charge in [0.25, 0.3) is 5.91 Å². The van der Waals surface area contributed by atoms with Crippen LogP contribution in [-0.4, -0.2) is 72.4 Å². The van der Waals surface area contributed by atoms with Gasteiger partial charge in [0.05, 0.1) is 23.5 Å². The molecule has 0 radical (unpaired) electrons. The van der Waals surface area contributed by atoms with E-state index >= 15 is 0 Å². The van der Waals surface area contributed by atoms with E-state index in [-0.39, 0.29) is 11.8 Å². The Balaban J connectivity index is 1.29. The summed E-state index contributed by atoms with van der Waals surface area (Å²) in [6.07, 6.45) is 10.5. The summed E-state index contributed by atoms with van der Waals surface area (Å²) in [4.78, 5) is 37.1. The molecular formula is C27H38N6O2. The zero-order valence-corrected chi connectivity index (χ0v) is 20.6. The fourth-order valence-electron chi connectivity index (χ4n) is 4.89. The van der Waals surface area contributed by atoms with Gasteiger partial charge in [0.15, 0.2) is 5.82 Å². The highest BCUT2D eigenvalue weighted by Gasteiger charge is 2.31. The van der Waals surface area contributed by atoms with Gasteiger partial charge in [-0.05, 0) is 50.2 Å². The number of carbonyl (C=O) groups excluding carboxylic acids is 2. The average molecular weight is 479 g/mol. The van der Waals surface area contributed by atoms with Gasteiger partial charge < -0.3 is 16.0 Å². The Morgan fingerprint density at radius 3 is 2.34 bits per heavy atom. The molecule has 0 aliphatic carbocycles. The zero-order chi connectivity index (χ0) is 24.5. The highest BCUT2D eigenvalue weighted by atomic mass is 16.2. The molecule has 0 unspecified atom stereocenters. The Labute approximate surface area is 208 Å². The molecule has 2 aromatic rings. The van der Waals surface area contributed by atoms with Gasteiger partial charge in [0.2, 0.25) is 5.91 Å². The van der Waals surface area contributed by atoms with Crippen LogP contribution in [0.15, 0.2) is 42.6 Å². The number of carbonyl (C=O) groups is 2. The molecule has 1 aromatic carbocycles. The molecule has 0 bridgehead atoms. The van der Waals surface area contributed by atoms with Gasteiger partial charge in [-0.3, -0.25) is 19.4 Å². The Hall–Kier alpha value is -2.81. The summed E-state index contributed by atoms with van der Waals surface area (Å²) in [5, 5.41) is 2.89. The number of para-hydroxylation sites is 1. The van der Waals surface area contributed by atoms with Gasteiger partial charge in [0.1, 0.15) is 0 Å². The molecular weight excluding hydrogens is 440 g/mol. The maximum Gasteiger partial charge on any atom is 0.257 e. The molecule has 1 saturated heterocycles. The van der Waals surface area contributed by atoms with E-state index in [1.54, 1.807) is 29.3 Å². The summed E-state index contributed by atoms with van der Waals surface area (Å²) < 4.78 is 0. The van der Waals surface area contributed by atoms with Gasteiger partial charge >= 0.3 is 0 Å². The number of pyridine rings is 1. The molecule has 3 heterocycles. The lowest BCUT2D eigenvalue weighted by molar-refractivity contribution is -0.119. The smallest absolute Gasteiger partial charge is 0.257 e. The Kier molecular flexibility index (Phi) is 9.22. The minimum Gasteiger partial charge on any atom is -0.330 e. The third-order valence-electron chi connectivity index (χ3n) is 6.89. The van der Waals surface area contributed by atoms with E-state index in [2.05, 4.69) is 20.1 Å². The molecule has 0 spiro atoms. The van der Waals surface area contributed by atoms with Crippen molar-refractivity contribution in [3.8, 4) is 0 Å². The second-order valence-electron chi connectivity index (χ2n) is 9.46. The van der Waals surface area contributed by atoms with Crippen molar-refractivity contribution in [3.05, 3.63) is 48.2 Å². The van der Waals surface area contributed by atoms with Crippen LogP contribution in [0.1, 0.15) is 55.3 Å². The lowest BCUT2D eigenvalue weighted by atomic mass is 10.1. The highest BCUT2D eigenvalue weighted by Crippen LogP contribution is 2.36. The number of nitrogens with two attached hydrogens (primary N) is 1. The lowest BCUT2D eigenvalue weighted by Crippen LogP contribution is -2.49. The molecule has 2 aliphatic rings. The van der Waals surface area contributed by atoms with Gasteiger partial charge in [-0.1, -0.05) is 44.2 Å². The molecule has 1 aromatic heterocycles. The van der Waals surface area contributed by atoms with Crippen LogP contribution < -0.4 is 16.0 Å². The van der Waals surface area contributed by atoms with Gasteiger partial charge in [-0.2, -0.15) is 0 Å². The topological polar surface area (TPSA) is 94.8 Å².